The summed E-state index contributed by atoms with van der Waals surface area (Å²) in [6, 6.07) is 0. The Balaban J connectivity index is 1.83. The number of carbonyl (C=O) groups excluding carboxylic acids is 2. The second-order valence-corrected chi connectivity index (χ2v) is 9.40. The first-order chi connectivity index (χ1) is 13.6. The second kappa shape index (κ2) is 10.4. The third-order valence-electron chi connectivity index (χ3n) is 5.92. The highest BCUT2D eigenvalue weighted by Crippen LogP contribution is 2.39. The predicted molar refractivity (Wildman–Crippen MR) is 118 cm³/mol. The summed E-state index contributed by atoms with van der Waals surface area (Å²) in [5.41, 5.74) is 4.08. The van der Waals surface area contributed by atoms with Gasteiger partial charge < -0.3 is 9.85 Å². The first-order valence-corrected chi connectivity index (χ1v) is 10.9. The number of hydroxylamine groups is 3. The van der Waals surface area contributed by atoms with Crippen LogP contribution in [0.3, 0.4) is 0 Å². The SMILES string of the molecule is CC(C)=CCC/C(C)=C/CCC1=CCC2C(=O)N(CCC[N+](C)(C)[O-])C(=O)C2C1. The summed E-state index contributed by atoms with van der Waals surface area (Å²) >= 11 is 0. The van der Waals surface area contributed by atoms with Crippen LogP contribution in [0.5, 0.6) is 0 Å². The van der Waals surface area contributed by atoms with Gasteiger partial charge in [0.2, 0.25) is 11.8 Å². The van der Waals surface area contributed by atoms with Gasteiger partial charge in [-0.15, -0.1) is 0 Å². The summed E-state index contributed by atoms with van der Waals surface area (Å²) < 4.78 is -0.393. The predicted octanol–water partition coefficient (Wildman–Crippen LogP) is 4.75. The van der Waals surface area contributed by atoms with E-state index in [1.54, 1.807) is 14.1 Å². The standard InChI is InChI=1S/C24H38N2O3/c1-18(2)9-6-10-19(3)11-7-12-20-13-14-21-22(17-20)24(28)25(23(21)27)15-8-16-26(4,5)29/h9,11,13,21-22H,6-8,10,12,14-17H2,1-5H3/b19-11+. The molecule has 1 heterocycles. The molecule has 162 valence electrons. The van der Waals surface area contributed by atoms with E-state index in [0.717, 1.165) is 25.7 Å². The highest BCUT2D eigenvalue weighted by molar-refractivity contribution is 6.05. The molecule has 0 radical (unpaired) electrons. The Morgan fingerprint density at radius 3 is 2.48 bits per heavy atom. The van der Waals surface area contributed by atoms with E-state index in [2.05, 4.69) is 39.0 Å². The molecule has 1 fully saturated rings. The number of fused-ring (bicyclic) bond motifs is 1. The van der Waals surface area contributed by atoms with Crippen molar-refractivity contribution >= 4 is 11.8 Å². The van der Waals surface area contributed by atoms with E-state index in [1.807, 2.05) is 0 Å². The van der Waals surface area contributed by atoms with Crippen molar-refractivity contribution in [3.63, 3.8) is 0 Å². The van der Waals surface area contributed by atoms with Crippen LogP contribution in [0.2, 0.25) is 0 Å². The van der Waals surface area contributed by atoms with E-state index < -0.39 is 4.65 Å². The van der Waals surface area contributed by atoms with Crippen molar-refractivity contribution in [3.05, 3.63) is 40.2 Å². The molecule has 0 N–H and O–H groups in total. The van der Waals surface area contributed by atoms with Gasteiger partial charge in [0.15, 0.2) is 0 Å². The molecular weight excluding hydrogens is 364 g/mol. The van der Waals surface area contributed by atoms with E-state index in [9.17, 15) is 14.8 Å². The van der Waals surface area contributed by atoms with Crippen LogP contribution in [0.1, 0.15) is 65.7 Å². The number of rotatable bonds is 10. The molecule has 2 unspecified atom stereocenters. The molecule has 0 aromatic carbocycles. The molecule has 0 aromatic heterocycles. The zero-order valence-corrected chi connectivity index (χ0v) is 18.9. The molecule has 5 heteroatoms. The monoisotopic (exact) mass is 402 g/mol. The summed E-state index contributed by atoms with van der Waals surface area (Å²) in [4.78, 5) is 26.8. The Morgan fingerprint density at radius 1 is 1.14 bits per heavy atom. The molecule has 1 aliphatic carbocycles. The molecule has 5 nitrogen and oxygen atoms in total. The Kier molecular flexibility index (Phi) is 8.41. The van der Waals surface area contributed by atoms with Gasteiger partial charge in [-0.25, -0.2) is 0 Å². The summed E-state index contributed by atoms with van der Waals surface area (Å²) in [5, 5.41) is 11.7. The minimum absolute atomic E-state index is 0.0322. The zero-order chi connectivity index (χ0) is 21.6. The summed E-state index contributed by atoms with van der Waals surface area (Å²) in [7, 11) is 3.17. The molecule has 2 rings (SSSR count). The van der Waals surface area contributed by atoms with E-state index in [4.69, 9.17) is 0 Å². The number of carbonyl (C=O) groups is 2. The summed E-state index contributed by atoms with van der Waals surface area (Å²) in [5.74, 6) is -0.459. The van der Waals surface area contributed by atoms with Crippen LogP contribution in [0.4, 0.5) is 0 Å². The Hall–Kier alpha value is -1.72. The molecule has 0 aromatic rings. The Labute approximate surface area is 176 Å². The maximum atomic E-state index is 12.8. The number of hydrogen-bond acceptors (Lipinski definition) is 3. The van der Waals surface area contributed by atoms with Crippen molar-refractivity contribution in [2.75, 3.05) is 27.2 Å². The molecule has 0 spiro atoms. The number of quaternary nitrogens is 1. The Morgan fingerprint density at radius 2 is 1.83 bits per heavy atom. The lowest BCUT2D eigenvalue weighted by atomic mass is 9.80. The smallest absolute Gasteiger partial charge is 0.233 e. The van der Waals surface area contributed by atoms with Gasteiger partial charge >= 0.3 is 0 Å². The van der Waals surface area contributed by atoms with Crippen molar-refractivity contribution in [2.45, 2.75) is 65.7 Å². The molecule has 1 aliphatic heterocycles. The first kappa shape index (κ1) is 23.6. The highest BCUT2D eigenvalue weighted by atomic mass is 16.5. The Bertz CT molecular complexity index is 693. The molecule has 2 atom stereocenters. The molecule has 29 heavy (non-hydrogen) atoms. The van der Waals surface area contributed by atoms with E-state index >= 15 is 0 Å². The van der Waals surface area contributed by atoms with Crippen molar-refractivity contribution in [1.82, 2.24) is 4.90 Å². The van der Waals surface area contributed by atoms with Gasteiger partial charge in [0.25, 0.3) is 0 Å². The van der Waals surface area contributed by atoms with Crippen LogP contribution in [0.15, 0.2) is 34.9 Å². The van der Waals surface area contributed by atoms with Gasteiger partial charge in [-0.1, -0.05) is 34.9 Å². The molecule has 2 aliphatic rings. The van der Waals surface area contributed by atoms with E-state index in [1.165, 1.54) is 21.6 Å². The van der Waals surface area contributed by atoms with Gasteiger partial charge in [0, 0.05) is 13.0 Å². The van der Waals surface area contributed by atoms with Gasteiger partial charge in [0.05, 0.1) is 32.5 Å². The average Bonchev–Trinajstić information content (AvgIpc) is 2.85. The number of imide groups is 1. The third kappa shape index (κ3) is 7.23. The van der Waals surface area contributed by atoms with Gasteiger partial charge in [-0.2, -0.15) is 0 Å². The number of nitrogens with zero attached hydrogens (tertiary/aromatic N) is 2. The minimum Gasteiger partial charge on any atom is -0.633 e. The fraction of sp³-hybridized carbons (Fsp3) is 0.667. The van der Waals surface area contributed by atoms with Crippen LogP contribution < -0.4 is 0 Å². The van der Waals surface area contributed by atoms with Crippen LogP contribution in [-0.2, 0) is 9.59 Å². The lowest BCUT2D eigenvalue weighted by Gasteiger charge is -2.34. The number of hydrogen-bond donors (Lipinski definition) is 0. The first-order valence-electron chi connectivity index (χ1n) is 10.9. The largest absolute Gasteiger partial charge is 0.633 e. The molecule has 0 bridgehead atoms. The van der Waals surface area contributed by atoms with Crippen LogP contribution in [0, 0.1) is 17.0 Å². The highest BCUT2D eigenvalue weighted by Gasteiger charge is 2.47. The maximum absolute atomic E-state index is 12.8. The van der Waals surface area contributed by atoms with E-state index in [-0.39, 0.29) is 23.7 Å². The molecular formula is C24H38N2O3. The topological polar surface area (TPSA) is 60.4 Å². The van der Waals surface area contributed by atoms with Crippen molar-refractivity contribution < 1.29 is 14.2 Å². The minimum atomic E-state index is -0.393. The van der Waals surface area contributed by atoms with Crippen LogP contribution in [-0.4, -0.2) is 48.5 Å². The van der Waals surface area contributed by atoms with E-state index in [0.29, 0.717) is 32.4 Å². The molecule has 0 saturated carbocycles. The van der Waals surface area contributed by atoms with Crippen molar-refractivity contribution in [2.24, 2.45) is 11.8 Å². The van der Waals surface area contributed by atoms with Gasteiger partial charge in [-0.05, 0) is 59.3 Å². The third-order valence-corrected chi connectivity index (χ3v) is 5.92. The lowest BCUT2D eigenvalue weighted by molar-refractivity contribution is -0.840. The fourth-order valence-electron chi connectivity index (χ4n) is 4.24. The lowest BCUT2D eigenvalue weighted by Crippen LogP contribution is -2.38. The second-order valence-electron chi connectivity index (χ2n) is 9.40. The fourth-order valence-corrected chi connectivity index (χ4v) is 4.24. The molecule has 1 saturated heterocycles. The number of allylic oxidation sites excluding steroid dienone is 6. The number of amides is 2. The zero-order valence-electron chi connectivity index (χ0n) is 18.9. The summed E-state index contributed by atoms with van der Waals surface area (Å²) in [6.07, 6.45) is 12.8. The molecule has 2 amide bonds. The number of likely N-dealkylation sites (tertiary alicyclic amines) is 1. The maximum Gasteiger partial charge on any atom is 0.233 e. The van der Waals surface area contributed by atoms with Crippen molar-refractivity contribution in [3.8, 4) is 0 Å². The normalized spacial score (nSPS) is 22.6. The van der Waals surface area contributed by atoms with Crippen LogP contribution in [0.25, 0.3) is 0 Å². The van der Waals surface area contributed by atoms with Crippen LogP contribution >= 0.6 is 0 Å². The average molecular weight is 403 g/mol. The van der Waals surface area contributed by atoms with Gasteiger partial charge in [0.1, 0.15) is 0 Å². The summed E-state index contributed by atoms with van der Waals surface area (Å²) in [6.45, 7) is 7.22. The quantitative estimate of drug-likeness (QED) is 0.229. The van der Waals surface area contributed by atoms with Gasteiger partial charge in [-0.3, -0.25) is 14.5 Å². The van der Waals surface area contributed by atoms with Crippen molar-refractivity contribution in [1.29, 1.82) is 0 Å².